The summed E-state index contributed by atoms with van der Waals surface area (Å²) in [5, 5.41) is 11.2. The Morgan fingerprint density at radius 2 is 2.09 bits per heavy atom. The Kier molecular flexibility index (Phi) is 5.35. The number of anilines is 1. The summed E-state index contributed by atoms with van der Waals surface area (Å²) in [6.07, 6.45) is 2.14. The largest absolute Gasteiger partial charge is 0.466 e. The summed E-state index contributed by atoms with van der Waals surface area (Å²) in [6.45, 7) is 5.52. The van der Waals surface area contributed by atoms with Crippen LogP contribution in [0.5, 0.6) is 0 Å². The van der Waals surface area contributed by atoms with E-state index in [1.165, 1.54) is 0 Å². The first kappa shape index (κ1) is 16.3. The van der Waals surface area contributed by atoms with Crippen molar-refractivity contribution in [2.24, 2.45) is 5.92 Å². The van der Waals surface area contributed by atoms with Crippen LogP contribution in [-0.4, -0.2) is 30.6 Å². The summed E-state index contributed by atoms with van der Waals surface area (Å²) >= 11 is 0. The predicted molar refractivity (Wildman–Crippen MR) is 84.0 cm³/mol. The van der Waals surface area contributed by atoms with Gasteiger partial charge in [-0.1, -0.05) is 6.07 Å². The molecule has 0 bridgehead atoms. The van der Waals surface area contributed by atoms with Gasteiger partial charge in [-0.15, -0.1) is 0 Å². The van der Waals surface area contributed by atoms with Gasteiger partial charge in [-0.25, -0.2) is 0 Å². The van der Waals surface area contributed by atoms with Crippen LogP contribution >= 0.6 is 0 Å². The molecule has 22 heavy (non-hydrogen) atoms. The molecule has 0 aromatic heterocycles. The van der Waals surface area contributed by atoms with Gasteiger partial charge in [0.15, 0.2) is 0 Å². The zero-order valence-corrected chi connectivity index (χ0v) is 13.1. The number of hydrogen-bond acceptors (Lipinski definition) is 5. The lowest BCUT2D eigenvalue weighted by Crippen LogP contribution is -2.34. The molecule has 0 spiro atoms. The highest BCUT2D eigenvalue weighted by Crippen LogP contribution is 2.32. The first-order chi connectivity index (χ1) is 10.5. The van der Waals surface area contributed by atoms with Gasteiger partial charge in [0.1, 0.15) is 5.69 Å². The third kappa shape index (κ3) is 3.96. The third-order valence-electron chi connectivity index (χ3n) is 4.04. The summed E-state index contributed by atoms with van der Waals surface area (Å²) in [5.74, 6) is 0.155. The van der Waals surface area contributed by atoms with E-state index in [1.54, 1.807) is 13.0 Å². The van der Waals surface area contributed by atoms with E-state index in [1.807, 2.05) is 24.0 Å². The van der Waals surface area contributed by atoms with Crippen LogP contribution in [0.15, 0.2) is 18.2 Å². The lowest BCUT2D eigenvalue weighted by molar-refractivity contribution is -0.384. The molecular weight excluding hydrogens is 284 g/mol. The van der Waals surface area contributed by atoms with Gasteiger partial charge in [0.2, 0.25) is 0 Å². The molecule has 6 nitrogen and oxygen atoms in total. The number of rotatable bonds is 5. The van der Waals surface area contributed by atoms with Crippen molar-refractivity contribution in [3.05, 3.63) is 33.9 Å². The molecule has 2 rings (SSSR count). The Hall–Kier alpha value is -2.11. The second-order valence-corrected chi connectivity index (χ2v) is 5.69. The molecule has 1 fully saturated rings. The number of nitro benzene ring substituents is 1. The maximum Gasteiger partial charge on any atom is 0.306 e. The van der Waals surface area contributed by atoms with E-state index in [2.05, 4.69) is 0 Å². The zero-order chi connectivity index (χ0) is 16.1. The van der Waals surface area contributed by atoms with E-state index in [0.717, 1.165) is 31.5 Å². The van der Waals surface area contributed by atoms with E-state index in [4.69, 9.17) is 4.74 Å². The quantitative estimate of drug-likeness (QED) is 0.475. The summed E-state index contributed by atoms with van der Waals surface area (Å²) < 4.78 is 4.98. The Balaban J connectivity index is 2.00. The van der Waals surface area contributed by atoms with Gasteiger partial charge >= 0.3 is 5.97 Å². The van der Waals surface area contributed by atoms with E-state index in [0.29, 0.717) is 24.6 Å². The summed E-state index contributed by atoms with van der Waals surface area (Å²) in [5.41, 5.74) is 1.71. The Morgan fingerprint density at radius 3 is 2.68 bits per heavy atom. The van der Waals surface area contributed by atoms with Crippen LogP contribution in [0.25, 0.3) is 0 Å². The molecule has 1 aromatic carbocycles. The van der Waals surface area contributed by atoms with Crippen molar-refractivity contribution in [3.63, 3.8) is 0 Å². The smallest absolute Gasteiger partial charge is 0.306 e. The van der Waals surface area contributed by atoms with Crippen LogP contribution in [0, 0.1) is 23.0 Å². The Labute approximate surface area is 130 Å². The monoisotopic (exact) mass is 306 g/mol. The molecule has 0 N–H and O–H groups in total. The zero-order valence-electron chi connectivity index (χ0n) is 13.1. The number of esters is 1. The van der Waals surface area contributed by atoms with Crippen molar-refractivity contribution in [1.82, 2.24) is 0 Å². The molecule has 0 aliphatic carbocycles. The fourth-order valence-electron chi connectivity index (χ4n) is 2.88. The second kappa shape index (κ2) is 7.24. The fourth-order valence-corrected chi connectivity index (χ4v) is 2.88. The molecule has 6 heteroatoms. The maximum atomic E-state index is 11.5. The first-order valence-corrected chi connectivity index (χ1v) is 7.67. The van der Waals surface area contributed by atoms with Crippen LogP contribution in [0.4, 0.5) is 11.4 Å². The van der Waals surface area contributed by atoms with Gasteiger partial charge < -0.3 is 9.64 Å². The molecule has 0 radical (unpaired) electrons. The normalized spacial score (nSPS) is 15.6. The van der Waals surface area contributed by atoms with Crippen molar-refractivity contribution in [3.8, 4) is 0 Å². The predicted octanol–water partition coefficient (Wildman–Crippen LogP) is 3.07. The van der Waals surface area contributed by atoms with Gasteiger partial charge in [0.05, 0.1) is 11.5 Å². The lowest BCUT2D eigenvalue weighted by atomic mass is 9.93. The number of piperidine rings is 1. The summed E-state index contributed by atoms with van der Waals surface area (Å²) in [6, 6.07) is 5.33. The lowest BCUT2D eigenvalue weighted by Gasteiger charge is -2.33. The number of hydrogen-bond donors (Lipinski definition) is 0. The van der Waals surface area contributed by atoms with Crippen molar-refractivity contribution in [2.75, 3.05) is 24.6 Å². The van der Waals surface area contributed by atoms with Gasteiger partial charge in [0.25, 0.3) is 5.69 Å². The number of aryl methyl sites for hydroxylation is 1. The molecule has 1 saturated heterocycles. The molecule has 0 amide bonds. The first-order valence-electron chi connectivity index (χ1n) is 7.67. The summed E-state index contributed by atoms with van der Waals surface area (Å²) in [7, 11) is 0. The molecule has 1 aliphatic rings. The second-order valence-electron chi connectivity index (χ2n) is 5.69. The van der Waals surface area contributed by atoms with Crippen molar-refractivity contribution >= 4 is 17.3 Å². The molecule has 0 atom stereocenters. The topological polar surface area (TPSA) is 72.7 Å². The van der Waals surface area contributed by atoms with Crippen LogP contribution in [0.2, 0.25) is 0 Å². The molecule has 1 aliphatic heterocycles. The van der Waals surface area contributed by atoms with Crippen LogP contribution in [-0.2, 0) is 9.53 Å². The average Bonchev–Trinajstić information content (AvgIpc) is 2.48. The highest BCUT2D eigenvalue weighted by Gasteiger charge is 2.26. The Morgan fingerprint density at radius 1 is 1.41 bits per heavy atom. The minimum absolute atomic E-state index is 0.151. The van der Waals surface area contributed by atoms with Crippen LogP contribution in [0.1, 0.15) is 31.7 Å². The maximum absolute atomic E-state index is 11.5. The van der Waals surface area contributed by atoms with Crippen LogP contribution < -0.4 is 4.90 Å². The Bertz CT molecular complexity index is 551. The highest BCUT2D eigenvalue weighted by molar-refractivity contribution is 5.70. The van der Waals surface area contributed by atoms with Crippen molar-refractivity contribution in [2.45, 2.75) is 33.1 Å². The van der Waals surface area contributed by atoms with E-state index in [9.17, 15) is 14.9 Å². The van der Waals surface area contributed by atoms with E-state index >= 15 is 0 Å². The standard InChI is InChI=1S/C16H22N2O4/c1-3-22-16(19)11-13-6-8-17(9-7-13)14-5-4-12(2)10-15(14)18(20)21/h4-5,10,13H,3,6-9,11H2,1-2H3. The van der Waals surface area contributed by atoms with Gasteiger partial charge in [-0.05, 0) is 44.2 Å². The number of carbonyl (C=O) groups excluding carboxylic acids is 1. The minimum atomic E-state index is -0.326. The SMILES string of the molecule is CCOC(=O)CC1CCN(c2ccc(C)cc2[N+](=O)[O-])CC1. The number of benzene rings is 1. The molecule has 1 heterocycles. The third-order valence-corrected chi connectivity index (χ3v) is 4.04. The number of carbonyl (C=O) groups is 1. The molecule has 0 unspecified atom stereocenters. The van der Waals surface area contributed by atoms with Crippen molar-refractivity contribution in [1.29, 1.82) is 0 Å². The highest BCUT2D eigenvalue weighted by atomic mass is 16.6. The number of nitro groups is 1. The fraction of sp³-hybridized carbons (Fsp3) is 0.562. The molecule has 120 valence electrons. The average molecular weight is 306 g/mol. The summed E-state index contributed by atoms with van der Waals surface area (Å²) in [4.78, 5) is 24.4. The molecule has 0 saturated carbocycles. The number of nitrogens with zero attached hydrogens (tertiary/aromatic N) is 2. The van der Waals surface area contributed by atoms with Crippen molar-refractivity contribution < 1.29 is 14.5 Å². The molecule has 1 aromatic rings. The minimum Gasteiger partial charge on any atom is -0.466 e. The van der Waals surface area contributed by atoms with E-state index in [-0.39, 0.29) is 16.6 Å². The van der Waals surface area contributed by atoms with Gasteiger partial charge in [-0.3, -0.25) is 14.9 Å². The van der Waals surface area contributed by atoms with Gasteiger partial charge in [0, 0.05) is 25.6 Å². The molecular formula is C16H22N2O4. The number of ether oxygens (including phenoxy) is 1. The van der Waals surface area contributed by atoms with E-state index < -0.39 is 0 Å². The van der Waals surface area contributed by atoms with Crippen LogP contribution in [0.3, 0.4) is 0 Å². The van der Waals surface area contributed by atoms with Gasteiger partial charge in [-0.2, -0.15) is 0 Å².